The van der Waals surface area contributed by atoms with E-state index < -0.39 is 0 Å². The van der Waals surface area contributed by atoms with Crippen molar-refractivity contribution >= 4 is 11.8 Å². The van der Waals surface area contributed by atoms with Gasteiger partial charge in [0.05, 0.1) is 0 Å². The van der Waals surface area contributed by atoms with E-state index in [2.05, 4.69) is 38.4 Å². The highest BCUT2D eigenvalue weighted by atomic mass is 32.2. The quantitative estimate of drug-likeness (QED) is 0.571. The van der Waals surface area contributed by atoms with Gasteiger partial charge in [-0.3, -0.25) is 0 Å². The van der Waals surface area contributed by atoms with E-state index in [1.165, 1.54) is 11.3 Å². The molecule has 0 bridgehead atoms. The highest BCUT2D eigenvalue weighted by Gasteiger charge is 2.07. The van der Waals surface area contributed by atoms with Crippen LogP contribution in [0.15, 0.2) is 29.2 Å². The fourth-order valence-corrected chi connectivity index (χ4v) is 2.20. The molecule has 102 valence electrons. The second-order valence-corrected chi connectivity index (χ2v) is 5.81. The maximum Gasteiger partial charge on any atom is 0.133 e. The first-order valence-corrected chi connectivity index (χ1v) is 7.86. The number of para-hydroxylation sites is 1. The molecule has 0 saturated heterocycles. The Kier molecular flexibility index (Phi) is 7.21. The summed E-state index contributed by atoms with van der Waals surface area (Å²) in [5, 5.41) is 3.44. The van der Waals surface area contributed by atoms with E-state index in [1.54, 1.807) is 11.8 Å². The summed E-state index contributed by atoms with van der Waals surface area (Å²) in [6.07, 6.45) is 3.49. The van der Waals surface area contributed by atoms with Gasteiger partial charge in [-0.2, -0.15) is 0 Å². The minimum Gasteiger partial charge on any atom is -0.488 e. The normalized spacial score (nSPS) is 12.7. The third-order valence-corrected chi connectivity index (χ3v) is 3.50. The molecular formula is C15H25NOS. The van der Waals surface area contributed by atoms with Gasteiger partial charge >= 0.3 is 0 Å². The van der Waals surface area contributed by atoms with Gasteiger partial charge in [-0.15, -0.1) is 11.8 Å². The van der Waals surface area contributed by atoms with Gasteiger partial charge in [0, 0.05) is 11.4 Å². The lowest BCUT2D eigenvalue weighted by Crippen LogP contribution is -2.30. The molecule has 1 aromatic rings. The summed E-state index contributed by atoms with van der Waals surface area (Å²) in [5.41, 5.74) is 0. The molecule has 0 aliphatic heterocycles. The van der Waals surface area contributed by atoms with E-state index in [-0.39, 0.29) is 6.10 Å². The third-order valence-electron chi connectivity index (χ3n) is 2.73. The molecule has 0 heterocycles. The van der Waals surface area contributed by atoms with Crippen molar-refractivity contribution < 1.29 is 4.74 Å². The molecule has 0 aromatic heterocycles. The molecule has 0 aliphatic carbocycles. The van der Waals surface area contributed by atoms with Crippen LogP contribution in [0.5, 0.6) is 5.75 Å². The van der Waals surface area contributed by atoms with Gasteiger partial charge in [-0.05, 0) is 44.2 Å². The zero-order chi connectivity index (χ0) is 13.4. The van der Waals surface area contributed by atoms with E-state index in [4.69, 9.17) is 4.74 Å². The molecule has 1 N–H and O–H groups in total. The lowest BCUT2D eigenvalue weighted by atomic mass is 10.1. The maximum atomic E-state index is 5.96. The fraction of sp³-hybridized carbons (Fsp3) is 0.600. The predicted octanol–water partition coefficient (Wildman–Crippen LogP) is 3.81. The Hall–Kier alpha value is -0.670. The van der Waals surface area contributed by atoms with Crippen LogP contribution in [0.25, 0.3) is 0 Å². The number of thioether (sulfide) groups is 1. The van der Waals surface area contributed by atoms with Gasteiger partial charge < -0.3 is 10.1 Å². The highest BCUT2D eigenvalue weighted by molar-refractivity contribution is 7.98. The van der Waals surface area contributed by atoms with Crippen molar-refractivity contribution in [3.63, 3.8) is 0 Å². The van der Waals surface area contributed by atoms with Gasteiger partial charge in [0.15, 0.2) is 0 Å². The van der Waals surface area contributed by atoms with Crippen LogP contribution in [0.3, 0.4) is 0 Å². The van der Waals surface area contributed by atoms with Crippen LogP contribution in [0.1, 0.15) is 27.2 Å². The average molecular weight is 267 g/mol. The Bertz CT molecular complexity index is 341. The molecule has 18 heavy (non-hydrogen) atoms. The first-order chi connectivity index (χ1) is 8.63. The number of nitrogens with one attached hydrogen (secondary N) is 1. The van der Waals surface area contributed by atoms with Gasteiger partial charge in [-0.1, -0.05) is 26.0 Å². The average Bonchev–Trinajstić information content (AvgIpc) is 2.35. The van der Waals surface area contributed by atoms with Gasteiger partial charge in [-0.25, -0.2) is 0 Å². The second-order valence-electron chi connectivity index (χ2n) is 4.97. The summed E-state index contributed by atoms with van der Waals surface area (Å²) in [4.78, 5) is 1.20. The van der Waals surface area contributed by atoms with E-state index in [1.807, 2.05) is 18.2 Å². The minimum atomic E-state index is 0.200. The van der Waals surface area contributed by atoms with E-state index >= 15 is 0 Å². The topological polar surface area (TPSA) is 21.3 Å². The summed E-state index contributed by atoms with van der Waals surface area (Å²) in [6.45, 7) is 8.57. The first-order valence-electron chi connectivity index (χ1n) is 6.64. The van der Waals surface area contributed by atoms with Crippen molar-refractivity contribution in [3.05, 3.63) is 24.3 Å². The summed E-state index contributed by atoms with van der Waals surface area (Å²) in [7, 11) is 0. The molecule has 1 unspecified atom stereocenters. The van der Waals surface area contributed by atoms with Crippen molar-refractivity contribution in [1.29, 1.82) is 0 Å². The molecule has 0 saturated carbocycles. The molecule has 2 nitrogen and oxygen atoms in total. The van der Waals surface area contributed by atoms with Crippen LogP contribution in [0.4, 0.5) is 0 Å². The lowest BCUT2D eigenvalue weighted by Gasteiger charge is -2.17. The Morgan fingerprint density at radius 2 is 1.94 bits per heavy atom. The number of ether oxygens (including phenoxy) is 1. The standard InChI is InChI=1S/C15H25NOS/c1-12(2)9-10-16-11-13(3)17-14-7-5-6-8-15(14)18-4/h5-8,12-13,16H,9-11H2,1-4H3. The Morgan fingerprint density at radius 1 is 1.22 bits per heavy atom. The minimum absolute atomic E-state index is 0.200. The molecule has 0 radical (unpaired) electrons. The zero-order valence-corrected chi connectivity index (χ0v) is 12.7. The van der Waals surface area contributed by atoms with Crippen LogP contribution < -0.4 is 10.1 Å². The predicted molar refractivity (Wildman–Crippen MR) is 80.6 cm³/mol. The van der Waals surface area contributed by atoms with Crippen LogP contribution in [-0.2, 0) is 0 Å². The van der Waals surface area contributed by atoms with Crippen molar-refractivity contribution in [3.8, 4) is 5.75 Å². The molecular weight excluding hydrogens is 242 g/mol. The highest BCUT2D eigenvalue weighted by Crippen LogP contribution is 2.27. The molecule has 3 heteroatoms. The van der Waals surface area contributed by atoms with Crippen molar-refractivity contribution in [2.45, 2.75) is 38.2 Å². The number of rotatable bonds is 8. The molecule has 0 aliphatic rings. The molecule has 0 fully saturated rings. The Morgan fingerprint density at radius 3 is 2.61 bits per heavy atom. The first kappa shape index (κ1) is 15.4. The van der Waals surface area contributed by atoms with Crippen LogP contribution in [0.2, 0.25) is 0 Å². The second kappa shape index (κ2) is 8.44. The van der Waals surface area contributed by atoms with Crippen molar-refractivity contribution in [2.24, 2.45) is 5.92 Å². The van der Waals surface area contributed by atoms with E-state index in [0.29, 0.717) is 0 Å². The molecule has 1 atom stereocenters. The van der Waals surface area contributed by atoms with Gasteiger partial charge in [0.25, 0.3) is 0 Å². The molecule has 1 aromatic carbocycles. The van der Waals surface area contributed by atoms with Gasteiger partial charge in [0.1, 0.15) is 11.9 Å². The molecule has 0 spiro atoms. The van der Waals surface area contributed by atoms with E-state index in [0.717, 1.165) is 24.8 Å². The Labute approximate surface area is 116 Å². The number of hydrogen-bond acceptors (Lipinski definition) is 3. The van der Waals surface area contributed by atoms with Gasteiger partial charge in [0.2, 0.25) is 0 Å². The molecule has 0 amide bonds. The fourth-order valence-electron chi connectivity index (χ4n) is 1.67. The monoisotopic (exact) mass is 267 g/mol. The SMILES string of the molecule is CSc1ccccc1OC(C)CNCCC(C)C. The summed E-state index contributed by atoms with van der Waals surface area (Å²) >= 11 is 1.72. The largest absolute Gasteiger partial charge is 0.488 e. The number of hydrogen-bond donors (Lipinski definition) is 1. The summed E-state index contributed by atoms with van der Waals surface area (Å²) in [6, 6.07) is 8.20. The summed E-state index contributed by atoms with van der Waals surface area (Å²) < 4.78 is 5.96. The zero-order valence-electron chi connectivity index (χ0n) is 11.9. The maximum absolute atomic E-state index is 5.96. The van der Waals surface area contributed by atoms with Crippen LogP contribution in [0, 0.1) is 5.92 Å². The smallest absolute Gasteiger partial charge is 0.133 e. The lowest BCUT2D eigenvalue weighted by molar-refractivity contribution is 0.211. The molecule has 1 rings (SSSR count). The van der Waals surface area contributed by atoms with Crippen molar-refractivity contribution in [1.82, 2.24) is 5.32 Å². The van der Waals surface area contributed by atoms with E-state index in [9.17, 15) is 0 Å². The Balaban J connectivity index is 2.33. The van der Waals surface area contributed by atoms with Crippen LogP contribution in [-0.4, -0.2) is 25.4 Å². The summed E-state index contributed by atoms with van der Waals surface area (Å²) in [5.74, 6) is 1.74. The number of benzene rings is 1. The van der Waals surface area contributed by atoms with Crippen molar-refractivity contribution in [2.75, 3.05) is 19.3 Å². The van der Waals surface area contributed by atoms with Crippen LogP contribution >= 0.6 is 11.8 Å². The third kappa shape index (κ3) is 5.78.